The van der Waals surface area contributed by atoms with E-state index in [0.717, 1.165) is 0 Å². The Bertz CT molecular complexity index is 991. The lowest BCUT2D eigenvalue weighted by molar-refractivity contribution is 0.878. The van der Waals surface area contributed by atoms with Crippen LogP contribution in [0.5, 0.6) is 0 Å². The lowest BCUT2D eigenvalue weighted by atomic mass is 10.4. The van der Waals surface area contributed by atoms with Crippen molar-refractivity contribution in [3.63, 3.8) is 0 Å². The van der Waals surface area contributed by atoms with Crippen LogP contribution in [-0.4, -0.2) is 29.0 Å². The topological polar surface area (TPSA) is 77.5 Å². The molecule has 0 aliphatic rings. The Morgan fingerprint density at radius 3 is 3.00 bits per heavy atom. The Hall–Kier alpha value is -2.74. The number of rotatable bonds is 3. The van der Waals surface area contributed by atoms with Gasteiger partial charge in [0, 0.05) is 30.4 Å². The van der Waals surface area contributed by atoms with Gasteiger partial charge >= 0.3 is 0 Å². The van der Waals surface area contributed by atoms with Crippen LogP contribution in [0.15, 0.2) is 58.9 Å². The smallest absolute Gasteiger partial charge is 0.258 e. The summed E-state index contributed by atoms with van der Waals surface area (Å²) >= 11 is 1.42. The van der Waals surface area contributed by atoms with Crippen LogP contribution in [0.3, 0.4) is 0 Å². The summed E-state index contributed by atoms with van der Waals surface area (Å²) in [6, 6.07) is 8.80. The SMILES string of the molecule is O=c1cc(CSc2nc3ncccn3n2)nc2ccccn12. The molecule has 0 aliphatic heterocycles. The Morgan fingerprint density at radius 1 is 1.14 bits per heavy atom. The van der Waals surface area contributed by atoms with Crippen molar-refractivity contribution in [3.05, 3.63) is 65.0 Å². The van der Waals surface area contributed by atoms with Crippen molar-refractivity contribution < 1.29 is 0 Å². The highest BCUT2D eigenvalue weighted by Gasteiger charge is 2.07. The lowest BCUT2D eigenvalue weighted by Crippen LogP contribution is -2.14. The predicted octanol–water partition coefficient (Wildman–Crippen LogP) is 1.42. The first-order chi connectivity index (χ1) is 10.8. The molecular weight excluding hydrogens is 300 g/mol. The molecule has 22 heavy (non-hydrogen) atoms. The second kappa shape index (κ2) is 5.23. The number of aromatic nitrogens is 6. The maximum absolute atomic E-state index is 12.0. The Balaban J connectivity index is 1.62. The molecule has 7 nitrogen and oxygen atoms in total. The first-order valence-corrected chi connectivity index (χ1v) is 7.56. The predicted molar refractivity (Wildman–Crippen MR) is 81.8 cm³/mol. The standard InChI is InChI=1S/C14H10N6OS/c21-12-8-10(16-11-4-1-2-6-19(11)12)9-22-14-17-13-15-5-3-7-20(13)18-14/h1-8H,9H2. The summed E-state index contributed by atoms with van der Waals surface area (Å²) in [6.45, 7) is 0. The summed E-state index contributed by atoms with van der Waals surface area (Å²) in [4.78, 5) is 24.9. The molecule has 0 atom stereocenters. The summed E-state index contributed by atoms with van der Waals surface area (Å²) in [5.41, 5.74) is 1.24. The zero-order valence-electron chi connectivity index (χ0n) is 11.3. The van der Waals surface area contributed by atoms with Crippen molar-refractivity contribution in [2.24, 2.45) is 0 Å². The van der Waals surface area contributed by atoms with Gasteiger partial charge in [0.2, 0.25) is 5.16 Å². The van der Waals surface area contributed by atoms with Crippen LogP contribution in [0.4, 0.5) is 0 Å². The van der Waals surface area contributed by atoms with E-state index in [9.17, 15) is 4.79 Å². The monoisotopic (exact) mass is 310 g/mol. The minimum absolute atomic E-state index is 0.0918. The zero-order valence-corrected chi connectivity index (χ0v) is 12.1. The van der Waals surface area contributed by atoms with E-state index in [-0.39, 0.29) is 5.56 Å². The quantitative estimate of drug-likeness (QED) is 0.533. The molecule has 4 heterocycles. The van der Waals surface area contributed by atoms with Crippen molar-refractivity contribution in [3.8, 4) is 0 Å². The maximum atomic E-state index is 12.0. The minimum Gasteiger partial charge on any atom is -0.269 e. The molecule has 4 aromatic rings. The number of pyridine rings is 1. The van der Waals surface area contributed by atoms with Crippen LogP contribution < -0.4 is 5.56 Å². The largest absolute Gasteiger partial charge is 0.269 e. The Labute approximate surface area is 128 Å². The van der Waals surface area contributed by atoms with E-state index in [1.54, 1.807) is 35.2 Å². The van der Waals surface area contributed by atoms with Crippen molar-refractivity contribution >= 4 is 23.2 Å². The van der Waals surface area contributed by atoms with Gasteiger partial charge in [-0.05, 0) is 18.2 Å². The normalized spacial score (nSPS) is 11.3. The fourth-order valence-corrected chi connectivity index (χ4v) is 2.81. The Morgan fingerprint density at radius 2 is 2.09 bits per heavy atom. The average Bonchev–Trinajstić information content (AvgIpc) is 2.96. The molecule has 0 saturated carbocycles. The van der Waals surface area contributed by atoms with Gasteiger partial charge < -0.3 is 0 Å². The Kier molecular flexibility index (Phi) is 3.08. The fourth-order valence-electron chi connectivity index (χ4n) is 2.09. The molecule has 4 rings (SSSR count). The number of hydrogen-bond acceptors (Lipinski definition) is 6. The molecule has 0 N–H and O–H groups in total. The van der Waals surface area contributed by atoms with E-state index in [4.69, 9.17) is 0 Å². The first kappa shape index (κ1) is 13.0. The van der Waals surface area contributed by atoms with Crippen LogP contribution in [0.25, 0.3) is 11.4 Å². The van der Waals surface area contributed by atoms with Crippen LogP contribution in [0, 0.1) is 0 Å². The molecule has 0 unspecified atom stereocenters. The molecule has 0 saturated heterocycles. The highest BCUT2D eigenvalue weighted by molar-refractivity contribution is 7.98. The summed E-state index contributed by atoms with van der Waals surface area (Å²) < 4.78 is 3.13. The summed E-state index contributed by atoms with van der Waals surface area (Å²) in [6.07, 6.45) is 5.17. The second-order valence-electron chi connectivity index (χ2n) is 4.56. The van der Waals surface area contributed by atoms with Gasteiger partial charge in [0.1, 0.15) is 5.65 Å². The van der Waals surface area contributed by atoms with Crippen LogP contribution in [0.2, 0.25) is 0 Å². The van der Waals surface area contributed by atoms with Gasteiger partial charge in [-0.2, -0.15) is 4.98 Å². The lowest BCUT2D eigenvalue weighted by Gasteiger charge is -2.02. The zero-order chi connectivity index (χ0) is 14.9. The van der Waals surface area contributed by atoms with Crippen LogP contribution in [0.1, 0.15) is 5.69 Å². The molecule has 0 radical (unpaired) electrons. The summed E-state index contributed by atoms with van der Waals surface area (Å²) in [7, 11) is 0. The summed E-state index contributed by atoms with van der Waals surface area (Å²) in [5.74, 6) is 1.08. The third kappa shape index (κ3) is 2.33. The van der Waals surface area contributed by atoms with Gasteiger partial charge in [0.05, 0.1) is 5.69 Å². The average molecular weight is 310 g/mol. The fraction of sp³-hybridized carbons (Fsp3) is 0.0714. The molecular formula is C14H10N6OS. The number of nitrogens with zero attached hydrogens (tertiary/aromatic N) is 6. The molecule has 0 aromatic carbocycles. The third-order valence-electron chi connectivity index (χ3n) is 3.07. The molecule has 0 spiro atoms. The van der Waals surface area contributed by atoms with Crippen LogP contribution >= 0.6 is 11.8 Å². The van der Waals surface area contributed by atoms with Crippen molar-refractivity contribution in [2.45, 2.75) is 10.9 Å². The molecule has 0 fully saturated rings. The van der Waals surface area contributed by atoms with Gasteiger partial charge in [-0.1, -0.05) is 17.8 Å². The molecule has 8 heteroatoms. The van der Waals surface area contributed by atoms with E-state index < -0.39 is 0 Å². The van der Waals surface area contributed by atoms with Crippen molar-refractivity contribution in [2.75, 3.05) is 0 Å². The highest BCUT2D eigenvalue weighted by Crippen LogP contribution is 2.18. The van der Waals surface area contributed by atoms with Crippen molar-refractivity contribution in [1.29, 1.82) is 0 Å². The molecule has 4 aromatic heterocycles. The molecule has 0 aliphatic carbocycles. The number of thioether (sulfide) groups is 1. The van der Waals surface area contributed by atoms with Gasteiger partial charge in [0.25, 0.3) is 11.3 Å². The van der Waals surface area contributed by atoms with Crippen LogP contribution in [-0.2, 0) is 5.75 Å². The van der Waals surface area contributed by atoms with E-state index in [1.807, 2.05) is 12.1 Å². The van der Waals surface area contributed by atoms with E-state index in [2.05, 4.69) is 20.1 Å². The first-order valence-electron chi connectivity index (χ1n) is 6.57. The number of hydrogen-bond donors (Lipinski definition) is 0. The minimum atomic E-state index is -0.0918. The summed E-state index contributed by atoms with van der Waals surface area (Å²) in [5, 5.41) is 4.91. The van der Waals surface area contributed by atoms with Gasteiger partial charge in [-0.25, -0.2) is 14.5 Å². The van der Waals surface area contributed by atoms with Crippen molar-refractivity contribution in [1.82, 2.24) is 29.0 Å². The second-order valence-corrected chi connectivity index (χ2v) is 5.50. The third-order valence-corrected chi connectivity index (χ3v) is 3.94. The van der Waals surface area contributed by atoms with Gasteiger partial charge in [0.15, 0.2) is 0 Å². The van der Waals surface area contributed by atoms with Gasteiger partial charge in [-0.15, -0.1) is 5.10 Å². The van der Waals surface area contributed by atoms with E-state index in [1.165, 1.54) is 22.2 Å². The van der Waals surface area contributed by atoms with E-state index >= 15 is 0 Å². The molecule has 108 valence electrons. The highest BCUT2D eigenvalue weighted by atomic mass is 32.2. The molecule has 0 bridgehead atoms. The molecule has 0 amide bonds. The maximum Gasteiger partial charge on any atom is 0.258 e. The van der Waals surface area contributed by atoms with Gasteiger partial charge in [-0.3, -0.25) is 9.20 Å². The number of fused-ring (bicyclic) bond motifs is 2. The van der Waals surface area contributed by atoms with E-state index in [0.29, 0.717) is 28.0 Å².